The summed E-state index contributed by atoms with van der Waals surface area (Å²) >= 11 is 1.46. The van der Waals surface area contributed by atoms with E-state index in [1.54, 1.807) is 0 Å². The highest BCUT2D eigenvalue weighted by Gasteiger charge is 2.09. The fourth-order valence-corrected chi connectivity index (χ4v) is 1.87. The molecule has 0 aliphatic rings. The van der Waals surface area contributed by atoms with Crippen LogP contribution in [0.15, 0.2) is 12.1 Å². The van der Waals surface area contributed by atoms with E-state index in [9.17, 15) is 5.11 Å². The highest BCUT2D eigenvalue weighted by Crippen LogP contribution is 2.26. The van der Waals surface area contributed by atoms with Crippen LogP contribution in [0.4, 0.5) is 5.00 Å². The zero-order chi connectivity index (χ0) is 9.84. The number of hydrogen-bond donors (Lipinski definition) is 2. The van der Waals surface area contributed by atoms with E-state index in [0.29, 0.717) is 0 Å². The van der Waals surface area contributed by atoms with Crippen LogP contribution in [0.1, 0.15) is 17.4 Å². The van der Waals surface area contributed by atoms with Crippen LogP contribution >= 0.6 is 11.3 Å². The maximum atomic E-state index is 9.71. The lowest BCUT2D eigenvalue weighted by atomic mass is 10.2. The Hall–Kier alpha value is -0.580. The zero-order valence-corrected chi connectivity index (χ0v) is 8.84. The molecule has 3 nitrogen and oxygen atoms in total. The predicted molar refractivity (Wildman–Crippen MR) is 56.9 cm³/mol. The molecule has 13 heavy (non-hydrogen) atoms. The standard InChI is InChI=1S/C9H16N2OS/c1-11(2)6-5-7(12)8-3-4-9(10)13-8/h3-4,7,12H,5-6,10H2,1-2H3. The number of anilines is 1. The van der Waals surface area contributed by atoms with Gasteiger partial charge < -0.3 is 15.7 Å². The van der Waals surface area contributed by atoms with Crippen LogP contribution in [-0.2, 0) is 0 Å². The van der Waals surface area contributed by atoms with Gasteiger partial charge in [0, 0.05) is 11.4 Å². The molecule has 4 heteroatoms. The van der Waals surface area contributed by atoms with E-state index in [2.05, 4.69) is 4.90 Å². The van der Waals surface area contributed by atoms with Gasteiger partial charge in [-0.25, -0.2) is 0 Å². The molecule has 0 aliphatic carbocycles. The summed E-state index contributed by atoms with van der Waals surface area (Å²) in [6, 6.07) is 3.72. The molecule has 0 radical (unpaired) electrons. The maximum Gasteiger partial charge on any atom is 0.0894 e. The lowest BCUT2D eigenvalue weighted by Crippen LogP contribution is -2.15. The van der Waals surface area contributed by atoms with Crippen LogP contribution in [0, 0.1) is 0 Å². The fourth-order valence-electron chi connectivity index (χ4n) is 1.07. The summed E-state index contributed by atoms with van der Waals surface area (Å²) in [5.74, 6) is 0. The van der Waals surface area contributed by atoms with E-state index in [4.69, 9.17) is 5.73 Å². The Morgan fingerprint density at radius 1 is 1.54 bits per heavy atom. The third-order valence-electron chi connectivity index (χ3n) is 1.83. The molecule has 1 heterocycles. The van der Waals surface area contributed by atoms with Gasteiger partial charge in [0.1, 0.15) is 0 Å². The van der Waals surface area contributed by atoms with E-state index in [0.717, 1.165) is 22.8 Å². The second-order valence-electron chi connectivity index (χ2n) is 3.35. The van der Waals surface area contributed by atoms with Gasteiger partial charge in [0.2, 0.25) is 0 Å². The van der Waals surface area contributed by atoms with Gasteiger partial charge in [-0.3, -0.25) is 0 Å². The van der Waals surface area contributed by atoms with Crippen LogP contribution in [0.2, 0.25) is 0 Å². The van der Waals surface area contributed by atoms with Gasteiger partial charge in [-0.2, -0.15) is 0 Å². The summed E-state index contributed by atoms with van der Waals surface area (Å²) in [5.41, 5.74) is 5.57. The number of nitrogens with zero attached hydrogens (tertiary/aromatic N) is 1. The number of hydrogen-bond acceptors (Lipinski definition) is 4. The van der Waals surface area contributed by atoms with E-state index >= 15 is 0 Å². The van der Waals surface area contributed by atoms with Crippen LogP contribution in [-0.4, -0.2) is 30.6 Å². The second-order valence-corrected chi connectivity index (χ2v) is 4.49. The van der Waals surface area contributed by atoms with Crippen molar-refractivity contribution in [3.63, 3.8) is 0 Å². The Labute approximate surface area is 82.8 Å². The summed E-state index contributed by atoms with van der Waals surface area (Å²) in [6.45, 7) is 0.888. The topological polar surface area (TPSA) is 49.5 Å². The first-order valence-electron chi connectivity index (χ1n) is 4.27. The van der Waals surface area contributed by atoms with Crippen molar-refractivity contribution in [2.45, 2.75) is 12.5 Å². The average Bonchev–Trinajstić information content (AvgIpc) is 2.47. The Bertz CT molecular complexity index is 260. The van der Waals surface area contributed by atoms with Crippen molar-refractivity contribution in [2.75, 3.05) is 26.4 Å². The zero-order valence-electron chi connectivity index (χ0n) is 8.03. The minimum atomic E-state index is -0.371. The SMILES string of the molecule is CN(C)CCC(O)c1ccc(N)s1. The molecular weight excluding hydrogens is 184 g/mol. The molecule has 1 atom stereocenters. The third kappa shape index (κ3) is 3.34. The van der Waals surface area contributed by atoms with Gasteiger partial charge in [-0.15, -0.1) is 11.3 Å². The largest absolute Gasteiger partial charge is 0.391 e. The third-order valence-corrected chi connectivity index (χ3v) is 2.84. The number of aliphatic hydroxyl groups is 1. The molecular formula is C9H16N2OS. The minimum Gasteiger partial charge on any atom is -0.391 e. The lowest BCUT2D eigenvalue weighted by Gasteiger charge is -2.12. The molecule has 0 saturated heterocycles. The quantitative estimate of drug-likeness (QED) is 0.770. The van der Waals surface area contributed by atoms with Crippen molar-refractivity contribution in [1.29, 1.82) is 0 Å². The number of nitrogens with two attached hydrogens (primary N) is 1. The molecule has 0 spiro atoms. The summed E-state index contributed by atoms with van der Waals surface area (Å²) < 4.78 is 0. The number of rotatable bonds is 4. The van der Waals surface area contributed by atoms with Crippen molar-refractivity contribution >= 4 is 16.3 Å². The maximum absolute atomic E-state index is 9.71. The molecule has 0 amide bonds. The van der Waals surface area contributed by atoms with Crippen molar-refractivity contribution in [1.82, 2.24) is 4.90 Å². The first-order chi connectivity index (χ1) is 6.09. The van der Waals surface area contributed by atoms with Crippen molar-refractivity contribution in [2.24, 2.45) is 0 Å². The lowest BCUT2D eigenvalue weighted by molar-refractivity contribution is 0.158. The number of nitrogen functional groups attached to an aromatic ring is 1. The molecule has 74 valence electrons. The van der Waals surface area contributed by atoms with E-state index in [1.807, 2.05) is 26.2 Å². The van der Waals surface area contributed by atoms with Gasteiger partial charge in [-0.1, -0.05) is 0 Å². The van der Waals surface area contributed by atoms with Gasteiger partial charge in [0.15, 0.2) is 0 Å². The first kappa shape index (κ1) is 10.5. The smallest absolute Gasteiger partial charge is 0.0894 e. The Morgan fingerprint density at radius 2 is 2.23 bits per heavy atom. The van der Waals surface area contributed by atoms with E-state index in [1.165, 1.54) is 11.3 Å². The Kier molecular flexibility index (Phi) is 3.71. The second kappa shape index (κ2) is 4.60. The molecule has 3 N–H and O–H groups in total. The predicted octanol–water partition coefficient (Wildman–Crippen LogP) is 1.32. The number of thiophene rings is 1. The molecule has 0 aliphatic heterocycles. The van der Waals surface area contributed by atoms with Crippen molar-refractivity contribution in [3.8, 4) is 0 Å². The normalized spacial score (nSPS) is 13.5. The summed E-state index contributed by atoms with van der Waals surface area (Å²) in [7, 11) is 3.99. The molecule has 1 aromatic rings. The van der Waals surface area contributed by atoms with Gasteiger partial charge in [0.05, 0.1) is 11.1 Å². The first-order valence-corrected chi connectivity index (χ1v) is 5.09. The van der Waals surface area contributed by atoms with E-state index < -0.39 is 0 Å². The molecule has 0 saturated carbocycles. The molecule has 1 aromatic heterocycles. The van der Waals surface area contributed by atoms with Crippen LogP contribution in [0.25, 0.3) is 0 Å². The van der Waals surface area contributed by atoms with Crippen LogP contribution in [0.3, 0.4) is 0 Å². The molecule has 1 rings (SSSR count). The van der Waals surface area contributed by atoms with E-state index in [-0.39, 0.29) is 6.10 Å². The highest BCUT2D eigenvalue weighted by molar-refractivity contribution is 7.15. The van der Waals surface area contributed by atoms with Crippen molar-refractivity contribution in [3.05, 3.63) is 17.0 Å². The Balaban J connectivity index is 2.44. The van der Waals surface area contributed by atoms with Gasteiger partial charge in [-0.05, 0) is 32.6 Å². The fraction of sp³-hybridized carbons (Fsp3) is 0.556. The monoisotopic (exact) mass is 200 g/mol. The minimum absolute atomic E-state index is 0.371. The average molecular weight is 200 g/mol. The summed E-state index contributed by atoms with van der Waals surface area (Å²) in [5, 5.41) is 10.5. The van der Waals surface area contributed by atoms with Crippen LogP contribution < -0.4 is 5.73 Å². The molecule has 0 bridgehead atoms. The van der Waals surface area contributed by atoms with Crippen LogP contribution in [0.5, 0.6) is 0 Å². The van der Waals surface area contributed by atoms with Gasteiger partial charge in [0.25, 0.3) is 0 Å². The summed E-state index contributed by atoms with van der Waals surface area (Å²) in [6.07, 6.45) is 0.386. The summed E-state index contributed by atoms with van der Waals surface area (Å²) in [4.78, 5) is 3.01. The highest BCUT2D eigenvalue weighted by atomic mass is 32.1. The molecule has 1 unspecified atom stereocenters. The van der Waals surface area contributed by atoms with Gasteiger partial charge >= 0.3 is 0 Å². The molecule has 0 fully saturated rings. The Morgan fingerprint density at radius 3 is 2.69 bits per heavy atom. The number of aliphatic hydroxyl groups excluding tert-OH is 1. The molecule has 0 aromatic carbocycles. The van der Waals surface area contributed by atoms with Crippen molar-refractivity contribution < 1.29 is 5.11 Å².